The van der Waals surface area contributed by atoms with E-state index in [1.807, 2.05) is 6.07 Å². The van der Waals surface area contributed by atoms with Crippen molar-refractivity contribution in [2.75, 3.05) is 6.61 Å². The third kappa shape index (κ3) is 2.94. The van der Waals surface area contributed by atoms with Crippen LogP contribution in [0.4, 0.5) is 0 Å². The van der Waals surface area contributed by atoms with Crippen molar-refractivity contribution in [2.45, 2.75) is 28.5 Å². The Morgan fingerprint density at radius 1 is 1.16 bits per heavy atom. The minimum Gasteiger partial charge on any atom is -0.465 e. The molecule has 2 aromatic rings. The summed E-state index contributed by atoms with van der Waals surface area (Å²) in [6.45, 7) is 1.79. The lowest BCUT2D eigenvalue weighted by molar-refractivity contribution is -0.145. The highest BCUT2D eigenvalue weighted by Gasteiger charge is 2.74. The highest BCUT2D eigenvalue weighted by atomic mass is 35.5. The zero-order chi connectivity index (χ0) is 18.2. The molecule has 1 aliphatic carbocycles. The van der Waals surface area contributed by atoms with E-state index < -0.39 is 32.5 Å². The van der Waals surface area contributed by atoms with E-state index in [-0.39, 0.29) is 11.5 Å². The van der Waals surface area contributed by atoms with Gasteiger partial charge in [0.2, 0.25) is 0 Å². The zero-order valence-corrected chi connectivity index (χ0v) is 15.1. The maximum Gasteiger partial charge on any atom is 0.328 e. The first-order valence-corrected chi connectivity index (χ1v) is 9.76. The van der Waals surface area contributed by atoms with Gasteiger partial charge in [-0.15, -0.1) is 0 Å². The molecule has 25 heavy (non-hydrogen) atoms. The smallest absolute Gasteiger partial charge is 0.328 e. The summed E-state index contributed by atoms with van der Waals surface area (Å²) in [5.41, 5.74) is 5.36. The number of carbonyl (C=O) groups excluding carboxylic acids is 1. The molecule has 5 nitrogen and oxygen atoms in total. The number of sulfone groups is 1. The van der Waals surface area contributed by atoms with Crippen molar-refractivity contribution in [3.63, 3.8) is 0 Å². The molecule has 0 bridgehead atoms. The molecule has 0 heterocycles. The van der Waals surface area contributed by atoms with E-state index in [1.54, 1.807) is 31.2 Å². The summed E-state index contributed by atoms with van der Waals surface area (Å²) < 4.78 is 31.2. The third-order valence-corrected chi connectivity index (χ3v) is 6.96. The summed E-state index contributed by atoms with van der Waals surface area (Å²) in [6, 6.07) is 14.8. The molecule has 1 fully saturated rings. The fourth-order valence-corrected chi connectivity index (χ4v) is 5.54. The fourth-order valence-electron chi connectivity index (χ4n) is 3.19. The second kappa shape index (κ2) is 6.44. The van der Waals surface area contributed by atoms with E-state index >= 15 is 0 Å². The van der Waals surface area contributed by atoms with E-state index in [4.69, 9.17) is 22.1 Å². The molecule has 2 aromatic carbocycles. The molecule has 3 rings (SSSR count). The van der Waals surface area contributed by atoms with Crippen LogP contribution in [-0.2, 0) is 19.4 Å². The van der Waals surface area contributed by atoms with Gasteiger partial charge in [0, 0.05) is 10.9 Å². The predicted octanol–water partition coefficient (Wildman–Crippen LogP) is 2.54. The van der Waals surface area contributed by atoms with Gasteiger partial charge in [-0.2, -0.15) is 0 Å². The lowest BCUT2D eigenvalue weighted by Crippen LogP contribution is -2.41. The highest BCUT2D eigenvalue weighted by Crippen LogP contribution is 2.56. The first-order chi connectivity index (χ1) is 11.8. The predicted molar refractivity (Wildman–Crippen MR) is 95.2 cm³/mol. The lowest BCUT2D eigenvalue weighted by Gasteiger charge is -2.11. The fraction of sp³-hybridized carbons (Fsp3) is 0.278. The molecule has 0 aromatic heterocycles. The van der Waals surface area contributed by atoms with Gasteiger partial charge in [0.05, 0.1) is 11.5 Å². The number of nitrogens with two attached hydrogens (primary N) is 1. The van der Waals surface area contributed by atoms with Crippen LogP contribution < -0.4 is 5.73 Å². The van der Waals surface area contributed by atoms with E-state index in [2.05, 4.69) is 0 Å². The lowest BCUT2D eigenvalue weighted by atomic mass is 10.1. The summed E-state index contributed by atoms with van der Waals surface area (Å²) in [5.74, 6) is -1.36. The molecule has 0 unspecified atom stereocenters. The first kappa shape index (κ1) is 17.9. The summed E-state index contributed by atoms with van der Waals surface area (Å²) in [6.07, 6.45) is 0. The van der Waals surface area contributed by atoms with Crippen molar-refractivity contribution in [1.82, 2.24) is 0 Å². The average Bonchev–Trinajstić information content (AvgIpc) is 3.25. The van der Waals surface area contributed by atoms with E-state index in [1.165, 1.54) is 24.3 Å². The molecule has 1 aliphatic rings. The monoisotopic (exact) mass is 379 g/mol. The van der Waals surface area contributed by atoms with Crippen LogP contribution in [0.2, 0.25) is 5.02 Å². The maximum atomic E-state index is 13.1. The number of carbonyl (C=O) groups is 1. The normalized spacial score (nSPS) is 25.4. The zero-order valence-electron chi connectivity index (χ0n) is 13.6. The maximum absolute atomic E-state index is 13.1. The number of esters is 1. The van der Waals surface area contributed by atoms with Crippen molar-refractivity contribution in [2.24, 2.45) is 5.73 Å². The molecule has 0 amide bonds. The number of hydrogen-bond acceptors (Lipinski definition) is 5. The minimum atomic E-state index is -3.84. The van der Waals surface area contributed by atoms with E-state index in [0.717, 1.165) is 0 Å². The Bertz CT molecular complexity index is 883. The van der Waals surface area contributed by atoms with E-state index in [9.17, 15) is 13.2 Å². The van der Waals surface area contributed by atoms with Crippen LogP contribution in [-0.4, -0.2) is 31.8 Å². The molecule has 0 spiro atoms. The summed E-state index contributed by atoms with van der Waals surface area (Å²) >= 11 is 5.84. The van der Waals surface area contributed by atoms with E-state index in [0.29, 0.717) is 10.6 Å². The molecular formula is C18H18ClNO4S. The van der Waals surface area contributed by atoms with Gasteiger partial charge in [-0.3, -0.25) is 0 Å². The Morgan fingerprint density at radius 3 is 2.32 bits per heavy atom. The van der Waals surface area contributed by atoms with Gasteiger partial charge in [0.25, 0.3) is 0 Å². The second-order valence-corrected chi connectivity index (χ2v) is 8.47. The highest BCUT2D eigenvalue weighted by molar-refractivity contribution is 7.92. The van der Waals surface area contributed by atoms with Gasteiger partial charge in [-0.1, -0.05) is 41.9 Å². The number of rotatable bonds is 5. The van der Waals surface area contributed by atoms with Crippen molar-refractivity contribution in [1.29, 1.82) is 0 Å². The van der Waals surface area contributed by atoms with Crippen LogP contribution in [0.25, 0.3) is 0 Å². The van der Waals surface area contributed by atoms with Crippen molar-refractivity contribution in [3.05, 3.63) is 65.2 Å². The van der Waals surface area contributed by atoms with Crippen LogP contribution >= 0.6 is 11.6 Å². The number of hydrogen-bond donors (Lipinski definition) is 1. The largest absolute Gasteiger partial charge is 0.465 e. The molecule has 7 heteroatoms. The van der Waals surface area contributed by atoms with Crippen molar-refractivity contribution >= 4 is 27.4 Å². The molecule has 2 N–H and O–H groups in total. The summed E-state index contributed by atoms with van der Waals surface area (Å²) in [4.78, 5) is 12.5. The van der Waals surface area contributed by atoms with Gasteiger partial charge in [0.15, 0.2) is 9.84 Å². The molecule has 0 aliphatic heterocycles. The molecule has 3 atom stereocenters. The third-order valence-electron chi connectivity index (χ3n) is 4.44. The Balaban J connectivity index is 2.05. The van der Waals surface area contributed by atoms with Crippen LogP contribution in [0.1, 0.15) is 18.4 Å². The molecule has 132 valence electrons. The summed E-state index contributed by atoms with van der Waals surface area (Å²) in [7, 11) is -3.84. The van der Waals surface area contributed by atoms with Crippen molar-refractivity contribution in [3.8, 4) is 0 Å². The van der Waals surface area contributed by atoms with Gasteiger partial charge in [0.1, 0.15) is 10.8 Å². The Hall–Kier alpha value is -1.89. The Kier molecular flexibility index (Phi) is 4.62. The van der Waals surface area contributed by atoms with Gasteiger partial charge in [-0.05, 0) is 36.8 Å². The quantitative estimate of drug-likeness (QED) is 0.807. The molecule has 1 saturated carbocycles. The van der Waals surface area contributed by atoms with Crippen LogP contribution in [0.15, 0.2) is 59.5 Å². The number of benzene rings is 2. The Morgan fingerprint density at radius 2 is 1.76 bits per heavy atom. The molecule has 0 radical (unpaired) electrons. The van der Waals surface area contributed by atoms with Gasteiger partial charge in [-0.25, -0.2) is 13.2 Å². The number of halogens is 1. The summed E-state index contributed by atoms with van der Waals surface area (Å²) in [5, 5.41) is -0.651. The van der Waals surface area contributed by atoms with Crippen LogP contribution in [0.5, 0.6) is 0 Å². The SMILES string of the molecule is CCOC(=O)[C@@]1(N)[C@H](S(=O)(=O)c2ccc(Cl)cc2)[C@@H]1c1ccccc1. The van der Waals surface area contributed by atoms with Crippen LogP contribution in [0.3, 0.4) is 0 Å². The van der Waals surface area contributed by atoms with Crippen molar-refractivity contribution < 1.29 is 17.9 Å². The van der Waals surface area contributed by atoms with Gasteiger partial charge >= 0.3 is 5.97 Å². The number of ether oxygens (including phenoxy) is 1. The molecule has 0 saturated heterocycles. The van der Waals surface area contributed by atoms with Crippen LogP contribution in [0, 0.1) is 0 Å². The standard InChI is InChI=1S/C18H18ClNO4S/c1-2-24-17(21)18(20)15(12-6-4-3-5-7-12)16(18)25(22,23)14-10-8-13(19)9-11-14/h3-11,15-16H,2,20H2,1H3/t15-,16+,18-/m0/s1. The molecular weight excluding hydrogens is 362 g/mol. The first-order valence-electron chi connectivity index (χ1n) is 7.84. The van der Waals surface area contributed by atoms with Gasteiger partial charge < -0.3 is 10.5 Å². The second-order valence-electron chi connectivity index (χ2n) is 5.96. The average molecular weight is 380 g/mol. The minimum absolute atomic E-state index is 0.0828. The topological polar surface area (TPSA) is 86.5 Å². The Labute approximate surface area is 151 Å².